The molecule has 0 atom stereocenters. The topological polar surface area (TPSA) is 55.8 Å². The molecule has 1 aliphatic rings. The van der Waals surface area contributed by atoms with E-state index in [-0.39, 0.29) is 12.1 Å². The summed E-state index contributed by atoms with van der Waals surface area (Å²) >= 11 is 0. The van der Waals surface area contributed by atoms with E-state index in [0.29, 0.717) is 19.0 Å². The van der Waals surface area contributed by atoms with Crippen molar-refractivity contribution >= 4 is 11.8 Å². The summed E-state index contributed by atoms with van der Waals surface area (Å²) in [5.74, 6) is 0.617. The molecule has 0 saturated carbocycles. The molecule has 3 rings (SSSR count). The van der Waals surface area contributed by atoms with E-state index in [1.807, 2.05) is 25.3 Å². The van der Waals surface area contributed by atoms with Crippen LogP contribution in [-0.4, -0.2) is 55.6 Å². The van der Waals surface area contributed by atoms with Gasteiger partial charge in [0.2, 0.25) is 0 Å². The number of aromatic nitrogens is 1. The molecule has 8 heteroatoms. The maximum Gasteiger partial charge on any atom is 0.191 e. The van der Waals surface area contributed by atoms with Gasteiger partial charge in [0.15, 0.2) is 5.96 Å². The molecule has 0 amide bonds. The molecule has 1 saturated heterocycles. The first-order chi connectivity index (χ1) is 14.0. The number of nitrogens with one attached hydrogen (secondary N) is 2. The molecule has 1 aliphatic heterocycles. The maximum absolute atomic E-state index is 13.8. The zero-order valence-electron chi connectivity index (χ0n) is 17.0. The Morgan fingerprint density at radius 3 is 2.59 bits per heavy atom. The van der Waals surface area contributed by atoms with Gasteiger partial charge in [0, 0.05) is 51.0 Å². The first-order valence-electron chi connectivity index (χ1n) is 9.89. The fourth-order valence-corrected chi connectivity index (χ4v) is 3.10. The highest BCUT2D eigenvalue weighted by atomic mass is 19.1. The summed E-state index contributed by atoms with van der Waals surface area (Å²) in [6.07, 6.45) is 1.84. The number of rotatable bonds is 6. The summed E-state index contributed by atoms with van der Waals surface area (Å²) in [5, 5.41) is 6.16. The van der Waals surface area contributed by atoms with Crippen molar-refractivity contribution in [3.8, 4) is 0 Å². The second-order valence-corrected chi connectivity index (χ2v) is 7.10. The number of halogens is 2. The summed E-state index contributed by atoms with van der Waals surface area (Å²) in [7, 11) is 2.13. The lowest BCUT2D eigenvalue weighted by Gasteiger charge is -2.33. The van der Waals surface area contributed by atoms with Crippen molar-refractivity contribution in [1.82, 2.24) is 20.5 Å². The molecule has 29 heavy (non-hydrogen) atoms. The number of pyridine rings is 1. The third kappa shape index (κ3) is 6.12. The Kier molecular flexibility index (Phi) is 7.35. The minimum atomic E-state index is -0.461. The van der Waals surface area contributed by atoms with Crippen LogP contribution in [0.15, 0.2) is 41.5 Å². The van der Waals surface area contributed by atoms with Gasteiger partial charge in [-0.3, -0.25) is 0 Å². The lowest BCUT2D eigenvalue weighted by molar-refractivity contribution is 0.312. The van der Waals surface area contributed by atoms with Crippen LogP contribution in [0.3, 0.4) is 0 Å². The third-order valence-corrected chi connectivity index (χ3v) is 4.85. The summed E-state index contributed by atoms with van der Waals surface area (Å²) in [4.78, 5) is 13.7. The van der Waals surface area contributed by atoms with E-state index in [0.717, 1.165) is 49.7 Å². The number of anilines is 1. The quantitative estimate of drug-likeness (QED) is 0.574. The molecule has 1 aromatic heterocycles. The number of guanidine groups is 1. The SMILES string of the molecule is CCNC(=NCc1ccc(N2CCN(C)CC2)nc1)NCc1cc(F)ccc1F. The molecule has 1 aromatic carbocycles. The molecule has 0 radical (unpaired) electrons. The lowest BCUT2D eigenvalue weighted by Crippen LogP contribution is -2.44. The Hall–Kier alpha value is -2.74. The van der Waals surface area contributed by atoms with Gasteiger partial charge in [-0.25, -0.2) is 18.8 Å². The number of hydrogen-bond acceptors (Lipinski definition) is 4. The Labute approximate surface area is 170 Å². The van der Waals surface area contributed by atoms with Crippen LogP contribution in [-0.2, 0) is 13.1 Å². The molecule has 0 spiro atoms. The van der Waals surface area contributed by atoms with Gasteiger partial charge in [-0.2, -0.15) is 0 Å². The predicted molar refractivity (Wildman–Crippen MR) is 112 cm³/mol. The van der Waals surface area contributed by atoms with E-state index in [1.54, 1.807) is 0 Å². The first-order valence-corrected chi connectivity index (χ1v) is 9.89. The van der Waals surface area contributed by atoms with Gasteiger partial charge in [0.25, 0.3) is 0 Å². The molecule has 0 aliphatic carbocycles. The smallest absolute Gasteiger partial charge is 0.191 e. The van der Waals surface area contributed by atoms with Gasteiger partial charge in [0.1, 0.15) is 17.5 Å². The summed E-state index contributed by atoms with van der Waals surface area (Å²) < 4.78 is 27.1. The van der Waals surface area contributed by atoms with Crippen LogP contribution in [0.5, 0.6) is 0 Å². The number of aliphatic imine (C=N–C) groups is 1. The normalized spacial score (nSPS) is 15.4. The second kappa shape index (κ2) is 10.2. The predicted octanol–water partition coefficient (Wildman–Crippen LogP) is 2.37. The van der Waals surface area contributed by atoms with E-state index in [4.69, 9.17) is 0 Å². The van der Waals surface area contributed by atoms with Gasteiger partial charge >= 0.3 is 0 Å². The molecule has 2 N–H and O–H groups in total. The molecule has 0 bridgehead atoms. The molecule has 2 aromatic rings. The molecule has 1 fully saturated rings. The van der Waals surface area contributed by atoms with Crippen molar-refractivity contribution in [1.29, 1.82) is 0 Å². The van der Waals surface area contributed by atoms with Crippen LogP contribution in [0.25, 0.3) is 0 Å². The van der Waals surface area contributed by atoms with Crippen LogP contribution in [0, 0.1) is 11.6 Å². The van der Waals surface area contributed by atoms with E-state index in [2.05, 4.69) is 37.5 Å². The van der Waals surface area contributed by atoms with Gasteiger partial charge in [-0.05, 0) is 43.8 Å². The molecule has 0 unspecified atom stereocenters. The van der Waals surface area contributed by atoms with Crippen molar-refractivity contribution in [2.45, 2.75) is 20.0 Å². The zero-order chi connectivity index (χ0) is 20.6. The average Bonchev–Trinajstić information content (AvgIpc) is 2.73. The number of hydrogen-bond donors (Lipinski definition) is 2. The fourth-order valence-electron chi connectivity index (χ4n) is 3.10. The van der Waals surface area contributed by atoms with Gasteiger partial charge < -0.3 is 20.4 Å². The van der Waals surface area contributed by atoms with Gasteiger partial charge in [-0.1, -0.05) is 6.07 Å². The standard InChI is InChI=1S/C21H28F2N6/c1-3-24-21(27-15-17-12-18(22)5-6-19(17)23)26-14-16-4-7-20(25-13-16)29-10-8-28(2)9-11-29/h4-7,12-13H,3,8-11,14-15H2,1-2H3,(H2,24,26,27). The van der Waals surface area contributed by atoms with Crippen LogP contribution in [0.2, 0.25) is 0 Å². The lowest BCUT2D eigenvalue weighted by atomic mass is 10.2. The highest BCUT2D eigenvalue weighted by molar-refractivity contribution is 5.79. The molecule has 2 heterocycles. The highest BCUT2D eigenvalue weighted by Crippen LogP contribution is 2.14. The molecular formula is C21H28F2N6. The van der Waals surface area contributed by atoms with Crippen LogP contribution >= 0.6 is 0 Å². The number of benzene rings is 1. The zero-order valence-corrected chi connectivity index (χ0v) is 17.0. The summed E-state index contributed by atoms with van der Waals surface area (Å²) in [6, 6.07) is 7.48. The molecular weight excluding hydrogens is 374 g/mol. The highest BCUT2D eigenvalue weighted by Gasteiger charge is 2.14. The largest absolute Gasteiger partial charge is 0.357 e. The van der Waals surface area contributed by atoms with Crippen molar-refractivity contribution < 1.29 is 8.78 Å². The second-order valence-electron chi connectivity index (χ2n) is 7.10. The van der Waals surface area contributed by atoms with Crippen molar-refractivity contribution in [2.24, 2.45) is 4.99 Å². The van der Waals surface area contributed by atoms with Crippen LogP contribution < -0.4 is 15.5 Å². The average molecular weight is 402 g/mol. The Morgan fingerprint density at radius 2 is 1.90 bits per heavy atom. The minimum Gasteiger partial charge on any atom is -0.357 e. The van der Waals surface area contributed by atoms with Crippen LogP contribution in [0.1, 0.15) is 18.1 Å². The monoisotopic (exact) mass is 402 g/mol. The van der Waals surface area contributed by atoms with Gasteiger partial charge in [0.05, 0.1) is 6.54 Å². The Morgan fingerprint density at radius 1 is 1.10 bits per heavy atom. The van der Waals surface area contributed by atoms with Crippen LogP contribution in [0.4, 0.5) is 14.6 Å². The maximum atomic E-state index is 13.8. The van der Waals surface area contributed by atoms with E-state index in [1.165, 1.54) is 6.07 Å². The minimum absolute atomic E-state index is 0.149. The Balaban J connectivity index is 1.58. The van der Waals surface area contributed by atoms with Gasteiger partial charge in [-0.15, -0.1) is 0 Å². The number of nitrogens with zero attached hydrogens (tertiary/aromatic N) is 4. The molecule has 6 nitrogen and oxygen atoms in total. The van der Waals surface area contributed by atoms with E-state index >= 15 is 0 Å². The molecule has 156 valence electrons. The number of piperazine rings is 1. The first kappa shape index (κ1) is 21.0. The third-order valence-electron chi connectivity index (χ3n) is 4.85. The van der Waals surface area contributed by atoms with E-state index < -0.39 is 11.6 Å². The van der Waals surface area contributed by atoms with Crippen molar-refractivity contribution in [3.05, 3.63) is 59.3 Å². The summed E-state index contributed by atoms with van der Waals surface area (Å²) in [6.45, 7) is 7.24. The Bertz CT molecular complexity index is 816. The van der Waals surface area contributed by atoms with Crippen molar-refractivity contribution in [3.63, 3.8) is 0 Å². The fraction of sp³-hybridized carbons (Fsp3) is 0.429. The van der Waals surface area contributed by atoms with Crippen molar-refractivity contribution in [2.75, 3.05) is 44.7 Å². The summed E-state index contributed by atoms with van der Waals surface area (Å²) in [5.41, 5.74) is 1.24. The van der Waals surface area contributed by atoms with E-state index in [9.17, 15) is 8.78 Å². The number of likely N-dealkylation sites (N-methyl/N-ethyl adjacent to an activating group) is 1.